The van der Waals surface area contributed by atoms with Crippen molar-refractivity contribution < 1.29 is 24.3 Å². The highest BCUT2D eigenvalue weighted by Gasteiger charge is 2.50. The van der Waals surface area contributed by atoms with Crippen LogP contribution in [0.15, 0.2) is 29.2 Å². The van der Waals surface area contributed by atoms with Crippen molar-refractivity contribution in [3.8, 4) is 0 Å². The monoisotopic (exact) mass is 511 g/mol. The zero-order valence-corrected chi connectivity index (χ0v) is 21.3. The van der Waals surface area contributed by atoms with E-state index in [1.54, 1.807) is 16.7 Å². The Morgan fingerprint density at radius 2 is 2.06 bits per heavy atom. The lowest BCUT2D eigenvalue weighted by atomic mass is 9.91. The van der Waals surface area contributed by atoms with Crippen LogP contribution in [0.1, 0.15) is 55.4 Å². The Morgan fingerprint density at radius 3 is 2.78 bits per heavy atom. The fourth-order valence-corrected chi connectivity index (χ4v) is 7.09. The summed E-state index contributed by atoms with van der Waals surface area (Å²) in [5.74, 6) is -0.959. The predicted octanol–water partition coefficient (Wildman–Crippen LogP) is 2.94. The lowest BCUT2D eigenvalue weighted by molar-refractivity contribution is -0.133. The number of likely N-dealkylation sites (tertiary alicyclic amines) is 1. The molecule has 2 saturated carbocycles. The molecule has 36 heavy (non-hydrogen) atoms. The molecule has 1 aromatic heterocycles. The second-order valence-corrected chi connectivity index (χ2v) is 11.2. The lowest BCUT2D eigenvalue weighted by Crippen LogP contribution is -2.53. The van der Waals surface area contributed by atoms with Gasteiger partial charge >= 0.3 is 0 Å². The molecule has 1 saturated heterocycles. The quantitative estimate of drug-likeness (QED) is 0.469. The molecule has 0 spiro atoms. The standard InChI is InChI=1S/C27H33N3O5S/c1-36-24-10-4-8-19-18(24)12-21(28-19)27(35)30-13-16-6-2-7-17(16)25(30)26(34)29-20(23(33)14-31)11-15-5-3-9-22(15)32/h4,8,10,12,15-17,20,25,28,31H,2-3,5-7,9,11,13-14H2,1H3,(H,29,34)/t15-,16-,17-,20-,25-/m0/s1. The van der Waals surface area contributed by atoms with Crippen LogP contribution in [-0.4, -0.2) is 69.9 Å². The van der Waals surface area contributed by atoms with Crippen molar-refractivity contribution in [3.63, 3.8) is 0 Å². The molecule has 0 radical (unpaired) electrons. The first-order valence-electron chi connectivity index (χ1n) is 12.8. The number of ketones is 2. The minimum Gasteiger partial charge on any atom is -0.389 e. The van der Waals surface area contributed by atoms with Gasteiger partial charge in [-0.05, 0) is 68.4 Å². The zero-order valence-electron chi connectivity index (χ0n) is 20.5. The Kier molecular flexibility index (Phi) is 7.21. The molecule has 0 unspecified atom stereocenters. The number of carbonyl (C=O) groups excluding carboxylic acids is 4. The Bertz CT molecular complexity index is 1190. The molecular formula is C27H33N3O5S. The van der Waals surface area contributed by atoms with Crippen molar-refractivity contribution in [1.82, 2.24) is 15.2 Å². The fraction of sp³-hybridized carbons (Fsp3) is 0.556. The highest BCUT2D eigenvalue weighted by atomic mass is 32.2. The van der Waals surface area contributed by atoms with Crippen molar-refractivity contribution in [1.29, 1.82) is 0 Å². The molecular weight excluding hydrogens is 478 g/mol. The number of aliphatic hydroxyl groups is 1. The summed E-state index contributed by atoms with van der Waals surface area (Å²) in [5, 5.41) is 13.3. The van der Waals surface area contributed by atoms with E-state index in [0.29, 0.717) is 25.1 Å². The van der Waals surface area contributed by atoms with Gasteiger partial charge in [-0.2, -0.15) is 0 Å². The molecule has 9 heteroatoms. The maximum Gasteiger partial charge on any atom is 0.271 e. The number of nitrogens with zero attached hydrogens (tertiary/aromatic N) is 1. The molecule has 0 bridgehead atoms. The average molecular weight is 512 g/mol. The summed E-state index contributed by atoms with van der Waals surface area (Å²) in [6.45, 7) is -0.190. The molecule has 192 valence electrons. The number of H-pyrrole nitrogens is 1. The number of nitrogens with one attached hydrogen (secondary N) is 2. The first-order valence-corrected chi connectivity index (χ1v) is 14.1. The number of aromatic amines is 1. The molecule has 2 aliphatic carbocycles. The predicted molar refractivity (Wildman–Crippen MR) is 137 cm³/mol. The number of benzene rings is 1. The van der Waals surface area contributed by atoms with E-state index in [1.165, 1.54) is 0 Å². The van der Waals surface area contributed by atoms with Crippen LogP contribution in [0.5, 0.6) is 0 Å². The van der Waals surface area contributed by atoms with Gasteiger partial charge in [0.25, 0.3) is 5.91 Å². The molecule has 3 N–H and O–H groups in total. The minimum absolute atomic E-state index is 0.0399. The molecule has 3 fully saturated rings. The summed E-state index contributed by atoms with van der Waals surface area (Å²) < 4.78 is 0. The number of aliphatic hydroxyl groups excluding tert-OH is 1. The number of amides is 2. The third kappa shape index (κ3) is 4.59. The zero-order chi connectivity index (χ0) is 25.4. The van der Waals surface area contributed by atoms with Crippen LogP contribution in [0.3, 0.4) is 0 Å². The first kappa shape index (κ1) is 25.0. The Morgan fingerprint density at radius 1 is 1.22 bits per heavy atom. The second kappa shape index (κ2) is 10.4. The number of fused-ring (bicyclic) bond motifs is 2. The van der Waals surface area contributed by atoms with Gasteiger partial charge < -0.3 is 20.3 Å². The first-order chi connectivity index (χ1) is 17.4. The van der Waals surface area contributed by atoms with Crippen LogP contribution in [0.4, 0.5) is 0 Å². The Balaban J connectivity index is 1.39. The number of Topliss-reactive ketones (excluding diaryl/α,β-unsaturated/α-hetero) is 2. The topological polar surface area (TPSA) is 120 Å². The van der Waals surface area contributed by atoms with Gasteiger partial charge in [-0.25, -0.2) is 0 Å². The van der Waals surface area contributed by atoms with Crippen LogP contribution < -0.4 is 5.32 Å². The van der Waals surface area contributed by atoms with Crippen molar-refractivity contribution >= 4 is 46.0 Å². The van der Waals surface area contributed by atoms with Crippen molar-refractivity contribution in [3.05, 3.63) is 30.0 Å². The van der Waals surface area contributed by atoms with Crippen LogP contribution in [0.25, 0.3) is 10.9 Å². The highest BCUT2D eigenvalue weighted by molar-refractivity contribution is 7.98. The molecule has 2 aromatic rings. The van der Waals surface area contributed by atoms with Crippen molar-refractivity contribution in [2.24, 2.45) is 17.8 Å². The van der Waals surface area contributed by atoms with Gasteiger partial charge in [0, 0.05) is 34.7 Å². The number of rotatable bonds is 8. The summed E-state index contributed by atoms with van der Waals surface area (Å²) in [5.41, 5.74) is 1.32. The summed E-state index contributed by atoms with van der Waals surface area (Å²) in [4.78, 5) is 58.0. The van der Waals surface area contributed by atoms with Gasteiger partial charge in [-0.15, -0.1) is 11.8 Å². The molecule has 3 aliphatic rings. The van der Waals surface area contributed by atoms with Crippen LogP contribution in [0, 0.1) is 17.8 Å². The van der Waals surface area contributed by atoms with E-state index < -0.39 is 24.5 Å². The van der Waals surface area contributed by atoms with E-state index in [-0.39, 0.29) is 41.8 Å². The number of thioether (sulfide) groups is 1. The number of carbonyl (C=O) groups is 4. The molecule has 1 aliphatic heterocycles. The van der Waals surface area contributed by atoms with Gasteiger partial charge in [-0.1, -0.05) is 12.5 Å². The summed E-state index contributed by atoms with van der Waals surface area (Å²) in [7, 11) is 0. The van der Waals surface area contributed by atoms with E-state index in [4.69, 9.17) is 0 Å². The number of aromatic nitrogens is 1. The van der Waals surface area contributed by atoms with Crippen molar-refractivity contribution in [2.45, 2.75) is 61.9 Å². The highest BCUT2D eigenvalue weighted by Crippen LogP contribution is 2.43. The van der Waals surface area contributed by atoms with Crippen molar-refractivity contribution in [2.75, 3.05) is 19.4 Å². The maximum atomic E-state index is 13.7. The second-order valence-electron chi connectivity index (χ2n) is 10.3. The summed E-state index contributed by atoms with van der Waals surface area (Å²) in [6, 6.07) is 6.15. The largest absolute Gasteiger partial charge is 0.389 e. The average Bonchev–Trinajstić information content (AvgIpc) is 3.66. The number of hydrogen-bond acceptors (Lipinski definition) is 6. The molecule has 8 nitrogen and oxygen atoms in total. The summed E-state index contributed by atoms with van der Waals surface area (Å²) >= 11 is 1.61. The van der Waals surface area contributed by atoms with Crippen LogP contribution in [-0.2, 0) is 14.4 Å². The summed E-state index contributed by atoms with van der Waals surface area (Å²) in [6.07, 6.45) is 7.02. The molecule has 2 amide bonds. The molecule has 1 aromatic carbocycles. The lowest BCUT2D eigenvalue weighted by Gasteiger charge is -2.29. The molecule has 2 heterocycles. The van der Waals surface area contributed by atoms with Gasteiger partial charge in [-0.3, -0.25) is 19.2 Å². The van der Waals surface area contributed by atoms with Crippen LogP contribution >= 0.6 is 11.8 Å². The maximum absolute atomic E-state index is 13.7. The van der Waals surface area contributed by atoms with Gasteiger partial charge in [0.15, 0.2) is 5.78 Å². The molecule has 5 atom stereocenters. The smallest absolute Gasteiger partial charge is 0.271 e. The van der Waals surface area contributed by atoms with E-state index in [9.17, 15) is 24.3 Å². The van der Waals surface area contributed by atoms with Gasteiger partial charge in [0.05, 0.1) is 6.04 Å². The SMILES string of the molecule is CSc1cccc2[nH]c(C(=O)N3C[C@@H]4CCC[C@@H]4[C@H]3C(=O)N[C@@H](C[C@@H]3CCCC3=O)C(=O)CO)cc12. The van der Waals surface area contributed by atoms with Crippen LogP contribution in [0.2, 0.25) is 0 Å². The minimum atomic E-state index is -0.927. The third-order valence-corrected chi connectivity index (χ3v) is 9.10. The Hall–Kier alpha value is -2.65. The van der Waals surface area contributed by atoms with E-state index >= 15 is 0 Å². The third-order valence-electron chi connectivity index (χ3n) is 8.31. The van der Waals surface area contributed by atoms with Gasteiger partial charge in [0.1, 0.15) is 24.1 Å². The molecule has 5 rings (SSSR count). The Labute approximate surface area is 214 Å². The number of hydrogen-bond donors (Lipinski definition) is 3. The fourth-order valence-electron chi connectivity index (χ4n) is 6.49. The van der Waals surface area contributed by atoms with Gasteiger partial charge in [0.2, 0.25) is 5.91 Å². The van der Waals surface area contributed by atoms with E-state index in [0.717, 1.165) is 41.5 Å². The normalized spacial score (nSPS) is 26.4. The van der Waals surface area contributed by atoms with E-state index in [1.807, 2.05) is 30.5 Å². The van der Waals surface area contributed by atoms with E-state index in [2.05, 4.69) is 10.3 Å².